The quantitative estimate of drug-likeness (QED) is 0.102. The first-order valence-corrected chi connectivity index (χ1v) is 17.7. The number of fused-ring (bicyclic) bond motifs is 3. The number of benzene rings is 5. The standard InChI is InChI=1S/C20H20NSi.C19H12N.Ir/c1-22(2,3)19-12-13-20(21-15-19)18-11-7-10-17(14-18)16-8-5-4-6-9-16;1-2-6-17-14(5-1)8-9-15-13-16(10-11-18(15)17)19-7-3-4-12-20-19;/h4-10,12-15H,1-3H3;1-9,11-13H;/q2*-1;. The maximum atomic E-state index is 4.65. The van der Waals surface area contributed by atoms with Crippen molar-refractivity contribution < 1.29 is 20.1 Å². The fourth-order valence-electron chi connectivity index (χ4n) is 5.04. The van der Waals surface area contributed by atoms with Gasteiger partial charge in [-0.15, -0.1) is 64.5 Å². The third-order valence-corrected chi connectivity index (χ3v) is 9.46. The predicted molar refractivity (Wildman–Crippen MR) is 180 cm³/mol. The first-order valence-electron chi connectivity index (χ1n) is 14.2. The van der Waals surface area contributed by atoms with E-state index in [1.807, 2.05) is 42.7 Å². The smallest absolute Gasteiger partial charge is 0.0795 e. The molecule has 0 aliphatic heterocycles. The molecule has 1 radical (unpaired) electrons. The summed E-state index contributed by atoms with van der Waals surface area (Å²) in [6, 6.07) is 50.6. The van der Waals surface area contributed by atoms with Crippen LogP contribution in [0.15, 0.2) is 140 Å². The molecule has 7 aromatic rings. The van der Waals surface area contributed by atoms with Crippen molar-refractivity contribution in [2.75, 3.05) is 0 Å². The molecule has 0 aliphatic rings. The van der Waals surface area contributed by atoms with Crippen molar-refractivity contribution in [3.05, 3.63) is 152 Å². The third kappa shape index (κ3) is 7.06. The molecule has 0 unspecified atom stereocenters. The Morgan fingerprint density at radius 3 is 2.02 bits per heavy atom. The fourth-order valence-corrected chi connectivity index (χ4v) is 6.07. The van der Waals surface area contributed by atoms with Crippen molar-refractivity contribution >= 4 is 34.8 Å². The number of nitrogens with zero attached hydrogens (tertiary/aromatic N) is 2. The maximum Gasteiger partial charge on any atom is 0.0795 e. The zero-order chi connectivity index (χ0) is 28.9. The molecule has 0 amide bonds. The van der Waals surface area contributed by atoms with Crippen molar-refractivity contribution in [1.29, 1.82) is 0 Å². The molecule has 2 aromatic heterocycles. The van der Waals surface area contributed by atoms with Crippen molar-refractivity contribution in [2.45, 2.75) is 19.6 Å². The van der Waals surface area contributed by atoms with Gasteiger partial charge >= 0.3 is 0 Å². The molecule has 7 rings (SSSR count). The van der Waals surface area contributed by atoms with E-state index in [0.29, 0.717) is 0 Å². The van der Waals surface area contributed by atoms with Crippen LogP contribution in [-0.2, 0) is 20.1 Å². The van der Waals surface area contributed by atoms with Crippen LogP contribution in [0.3, 0.4) is 0 Å². The van der Waals surface area contributed by atoms with Crippen molar-refractivity contribution in [1.82, 2.24) is 9.97 Å². The van der Waals surface area contributed by atoms with Gasteiger partial charge in [-0.2, -0.15) is 0 Å². The van der Waals surface area contributed by atoms with Gasteiger partial charge in [0.05, 0.1) is 8.07 Å². The van der Waals surface area contributed by atoms with E-state index in [1.54, 1.807) is 0 Å². The molecule has 0 spiro atoms. The van der Waals surface area contributed by atoms with Crippen LogP contribution >= 0.6 is 0 Å². The van der Waals surface area contributed by atoms with Crippen LogP contribution in [0, 0.1) is 12.1 Å². The second-order valence-corrected chi connectivity index (χ2v) is 16.5. The molecular formula is C39H32IrN2Si-2. The summed E-state index contributed by atoms with van der Waals surface area (Å²) in [4.78, 5) is 9.04. The molecular weight excluding hydrogens is 717 g/mol. The Kier molecular flexibility index (Phi) is 9.42. The molecule has 213 valence electrons. The number of hydrogen-bond donors (Lipinski definition) is 0. The van der Waals surface area contributed by atoms with Gasteiger partial charge in [0.2, 0.25) is 0 Å². The summed E-state index contributed by atoms with van der Waals surface area (Å²) in [5.74, 6) is 0. The number of hydrogen-bond acceptors (Lipinski definition) is 2. The van der Waals surface area contributed by atoms with Gasteiger partial charge in [-0.05, 0) is 33.6 Å². The summed E-state index contributed by atoms with van der Waals surface area (Å²) in [5, 5.41) is 6.38. The summed E-state index contributed by atoms with van der Waals surface area (Å²) in [7, 11) is -1.29. The predicted octanol–water partition coefficient (Wildman–Crippen LogP) is 9.61. The monoisotopic (exact) mass is 749 g/mol. The Labute approximate surface area is 268 Å². The first-order chi connectivity index (χ1) is 20.5. The van der Waals surface area contributed by atoms with Gasteiger partial charge in [0.15, 0.2) is 0 Å². The van der Waals surface area contributed by atoms with Crippen LogP contribution in [0.4, 0.5) is 0 Å². The fraction of sp³-hybridized carbons (Fsp3) is 0.0769. The van der Waals surface area contributed by atoms with Gasteiger partial charge in [0.25, 0.3) is 0 Å². The van der Waals surface area contributed by atoms with E-state index in [-0.39, 0.29) is 20.1 Å². The average molecular weight is 749 g/mol. The van der Waals surface area contributed by atoms with Crippen molar-refractivity contribution in [3.63, 3.8) is 0 Å². The Morgan fingerprint density at radius 2 is 1.28 bits per heavy atom. The Hall–Kier alpha value is -4.21. The van der Waals surface area contributed by atoms with Crippen molar-refractivity contribution in [2.24, 2.45) is 0 Å². The summed E-state index contributed by atoms with van der Waals surface area (Å²) in [6.45, 7) is 7.02. The third-order valence-electron chi connectivity index (χ3n) is 7.43. The van der Waals surface area contributed by atoms with Crippen LogP contribution < -0.4 is 5.19 Å². The van der Waals surface area contributed by atoms with E-state index in [9.17, 15) is 0 Å². The molecule has 4 heteroatoms. The normalized spacial score (nSPS) is 11.0. The molecule has 5 aromatic carbocycles. The van der Waals surface area contributed by atoms with Gasteiger partial charge in [-0.25, -0.2) is 0 Å². The minimum atomic E-state index is -1.29. The minimum absolute atomic E-state index is 0. The van der Waals surface area contributed by atoms with Gasteiger partial charge in [0, 0.05) is 32.5 Å². The molecule has 0 N–H and O–H groups in total. The van der Waals surface area contributed by atoms with E-state index >= 15 is 0 Å². The molecule has 0 bridgehead atoms. The molecule has 0 saturated heterocycles. The molecule has 0 fully saturated rings. The van der Waals surface area contributed by atoms with E-state index in [0.717, 1.165) is 22.5 Å². The molecule has 0 atom stereocenters. The van der Waals surface area contributed by atoms with Crippen LogP contribution in [0.25, 0.3) is 55.2 Å². The molecule has 0 saturated carbocycles. The largest absolute Gasteiger partial charge is 0.305 e. The van der Waals surface area contributed by atoms with Gasteiger partial charge < -0.3 is 9.97 Å². The SMILES string of the molecule is C[Si](C)(C)c1ccc(-c2[c-]ccc(-c3ccccc3)c2)nc1.[Ir].[c-]1cc2c(ccc3ccccc32)cc1-c1ccccn1. The van der Waals surface area contributed by atoms with E-state index in [2.05, 4.69) is 139 Å². The summed E-state index contributed by atoms with van der Waals surface area (Å²) in [6.07, 6.45) is 3.85. The summed E-state index contributed by atoms with van der Waals surface area (Å²) >= 11 is 0. The molecule has 2 heterocycles. The second kappa shape index (κ2) is 13.4. The van der Waals surface area contributed by atoms with Gasteiger partial charge in [-0.1, -0.05) is 121 Å². The number of pyridine rings is 2. The van der Waals surface area contributed by atoms with Gasteiger partial charge in [0.1, 0.15) is 0 Å². The molecule has 43 heavy (non-hydrogen) atoms. The Morgan fingerprint density at radius 1 is 0.558 bits per heavy atom. The van der Waals surface area contributed by atoms with E-state index < -0.39 is 8.07 Å². The second-order valence-electron chi connectivity index (χ2n) is 11.4. The zero-order valence-electron chi connectivity index (χ0n) is 24.5. The number of rotatable bonds is 4. The maximum absolute atomic E-state index is 4.65. The molecule has 0 aliphatic carbocycles. The van der Waals surface area contributed by atoms with Crippen LogP contribution in [0.5, 0.6) is 0 Å². The van der Waals surface area contributed by atoms with E-state index in [4.69, 9.17) is 0 Å². The van der Waals surface area contributed by atoms with Crippen LogP contribution in [-0.4, -0.2) is 18.0 Å². The van der Waals surface area contributed by atoms with Crippen molar-refractivity contribution in [3.8, 4) is 33.6 Å². The summed E-state index contributed by atoms with van der Waals surface area (Å²) in [5.41, 5.74) is 6.45. The first kappa shape index (κ1) is 30.3. The van der Waals surface area contributed by atoms with Gasteiger partial charge in [-0.3, -0.25) is 0 Å². The zero-order valence-corrected chi connectivity index (χ0v) is 27.9. The summed E-state index contributed by atoms with van der Waals surface area (Å²) < 4.78 is 0. The van der Waals surface area contributed by atoms with E-state index in [1.165, 1.54) is 37.9 Å². The minimum Gasteiger partial charge on any atom is -0.305 e. The average Bonchev–Trinajstić information content (AvgIpc) is 3.05. The van der Waals surface area contributed by atoms with Crippen LogP contribution in [0.2, 0.25) is 19.6 Å². The number of aromatic nitrogens is 2. The van der Waals surface area contributed by atoms with Crippen LogP contribution in [0.1, 0.15) is 0 Å². The Bertz CT molecular complexity index is 1950. The Balaban J connectivity index is 0.000000168. The molecule has 2 nitrogen and oxygen atoms in total. The topological polar surface area (TPSA) is 25.8 Å².